The van der Waals surface area contributed by atoms with Crippen LogP contribution in [0.3, 0.4) is 0 Å². The van der Waals surface area contributed by atoms with Crippen LogP contribution < -0.4 is 4.74 Å². The molecule has 108 valence electrons. The minimum Gasteiger partial charge on any atom is -0.426 e. The number of aryl methyl sites for hydroxylation is 2. The van der Waals surface area contributed by atoms with Crippen molar-refractivity contribution in [1.82, 2.24) is 0 Å². The molecule has 1 heterocycles. The van der Waals surface area contributed by atoms with E-state index in [0.29, 0.717) is 12.2 Å². The molecule has 3 rings (SSSR count). The lowest BCUT2D eigenvalue weighted by Crippen LogP contribution is -2.22. The minimum atomic E-state index is -0.156. The lowest BCUT2D eigenvalue weighted by molar-refractivity contribution is -0.135. The topological polar surface area (TPSA) is 26.3 Å². The first-order chi connectivity index (χ1) is 9.99. The molecule has 2 aromatic carbocycles. The van der Waals surface area contributed by atoms with Gasteiger partial charge in [-0.3, -0.25) is 4.79 Å². The summed E-state index contributed by atoms with van der Waals surface area (Å²) in [6, 6.07) is 10.2. The van der Waals surface area contributed by atoms with Gasteiger partial charge in [-0.05, 0) is 49.1 Å². The third-order valence-electron chi connectivity index (χ3n) is 4.20. The van der Waals surface area contributed by atoms with E-state index in [9.17, 15) is 4.79 Å². The molecule has 0 N–H and O–H groups in total. The third-order valence-corrected chi connectivity index (χ3v) is 5.42. The van der Waals surface area contributed by atoms with Gasteiger partial charge in [0.1, 0.15) is 5.75 Å². The number of rotatable bonds is 1. The van der Waals surface area contributed by atoms with Gasteiger partial charge in [-0.15, -0.1) is 0 Å². The van der Waals surface area contributed by atoms with Gasteiger partial charge in [0.25, 0.3) is 0 Å². The fourth-order valence-corrected chi connectivity index (χ4v) is 3.46. The van der Waals surface area contributed by atoms with E-state index in [1.165, 1.54) is 11.1 Å². The summed E-state index contributed by atoms with van der Waals surface area (Å²) < 4.78 is 6.58. The molecule has 21 heavy (non-hydrogen) atoms. The Kier molecular flexibility index (Phi) is 3.62. The number of benzene rings is 2. The predicted molar refractivity (Wildman–Crippen MR) is 86.9 cm³/mol. The zero-order valence-electron chi connectivity index (χ0n) is 12.4. The van der Waals surface area contributed by atoms with E-state index in [1.54, 1.807) is 0 Å². The zero-order chi connectivity index (χ0) is 15.1. The molecule has 2 nitrogen and oxygen atoms in total. The van der Waals surface area contributed by atoms with Crippen LogP contribution in [-0.2, 0) is 4.79 Å². The Morgan fingerprint density at radius 1 is 1.14 bits per heavy atom. The molecular weight excluding hydrogens is 328 g/mol. The molecule has 2 aromatic rings. The molecule has 0 fully saturated rings. The van der Waals surface area contributed by atoms with Gasteiger partial charge in [0.05, 0.1) is 6.42 Å². The summed E-state index contributed by atoms with van der Waals surface area (Å²) in [6.45, 7) is 6.19. The zero-order valence-corrected chi connectivity index (χ0v) is 14.0. The normalized spacial score (nSPS) is 17.3. The van der Waals surface area contributed by atoms with Crippen LogP contribution in [0.15, 0.2) is 34.8 Å². The van der Waals surface area contributed by atoms with Crippen molar-refractivity contribution in [3.63, 3.8) is 0 Å². The maximum absolute atomic E-state index is 12.0. The van der Waals surface area contributed by atoms with Gasteiger partial charge in [0, 0.05) is 16.0 Å². The van der Waals surface area contributed by atoms with Gasteiger partial charge in [0.2, 0.25) is 0 Å². The summed E-state index contributed by atoms with van der Waals surface area (Å²) in [7, 11) is 0. The Morgan fingerprint density at radius 2 is 1.86 bits per heavy atom. The van der Waals surface area contributed by atoms with Crippen LogP contribution in [0.25, 0.3) is 0 Å². The Morgan fingerprint density at radius 3 is 2.57 bits per heavy atom. The van der Waals surface area contributed by atoms with E-state index in [-0.39, 0.29) is 11.9 Å². The van der Waals surface area contributed by atoms with E-state index in [2.05, 4.69) is 41.9 Å². The first kappa shape index (κ1) is 14.3. The second-order valence-electron chi connectivity index (χ2n) is 5.63. The fraction of sp³-hybridized carbons (Fsp3) is 0.278. The highest BCUT2D eigenvalue weighted by molar-refractivity contribution is 9.10. The summed E-state index contributed by atoms with van der Waals surface area (Å²) in [5.74, 6) is 0.619. The molecule has 0 unspecified atom stereocenters. The standard InChI is InChI=1S/C18H17BrO2/c1-10-6-4-5-7-13(10)14-9-16(20)21-15-8-11(2)18(19)12(3)17(14)15/h4-8,14H,9H2,1-3H3/t14-/m0/s1. The van der Waals surface area contributed by atoms with Crippen molar-refractivity contribution < 1.29 is 9.53 Å². The van der Waals surface area contributed by atoms with Crippen molar-refractivity contribution in [3.05, 3.63) is 62.6 Å². The Balaban J connectivity index is 2.25. The number of fused-ring (bicyclic) bond motifs is 1. The molecule has 0 spiro atoms. The van der Waals surface area contributed by atoms with Crippen LogP contribution in [0.5, 0.6) is 5.75 Å². The van der Waals surface area contributed by atoms with Gasteiger partial charge in [0.15, 0.2) is 0 Å². The summed E-state index contributed by atoms with van der Waals surface area (Å²) in [4.78, 5) is 12.0. The van der Waals surface area contributed by atoms with Crippen LogP contribution in [0, 0.1) is 20.8 Å². The van der Waals surface area contributed by atoms with Crippen LogP contribution >= 0.6 is 15.9 Å². The van der Waals surface area contributed by atoms with Crippen molar-refractivity contribution in [3.8, 4) is 5.75 Å². The van der Waals surface area contributed by atoms with Gasteiger partial charge in [-0.25, -0.2) is 0 Å². The summed E-state index contributed by atoms with van der Waals surface area (Å²) >= 11 is 3.65. The monoisotopic (exact) mass is 344 g/mol. The Bertz CT molecular complexity index is 734. The van der Waals surface area contributed by atoms with Crippen molar-refractivity contribution in [2.45, 2.75) is 33.1 Å². The number of ether oxygens (including phenoxy) is 1. The van der Waals surface area contributed by atoms with Crippen LogP contribution in [-0.4, -0.2) is 5.97 Å². The number of hydrogen-bond acceptors (Lipinski definition) is 2. The molecule has 1 aliphatic rings. The predicted octanol–water partition coefficient (Wildman–Crippen LogP) is 4.82. The molecule has 3 heteroatoms. The van der Waals surface area contributed by atoms with Gasteiger partial charge in [-0.1, -0.05) is 40.2 Å². The van der Waals surface area contributed by atoms with E-state index >= 15 is 0 Å². The summed E-state index contributed by atoms with van der Waals surface area (Å²) in [6.07, 6.45) is 0.397. The molecule has 1 aliphatic heterocycles. The van der Waals surface area contributed by atoms with Crippen molar-refractivity contribution in [2.24, 2.45) is 0 Å². The summed E-state index contributed by atoms with van der Waals surface area (Å²) in [5, 5.41) is 0. The van der Waals surface area contributed by atoms with Crippen LogP contribution in [0.2, 0.25) is 0 Å². The van der Waals surface area contributed by atoms with Crippen molar-refractivity contribution in [2.75, 3.05) is 0 Å². The number of hydrogen-bond donors (Lipinski definition) is 0. The second kappa shape index (κ2) is 5.30. The number of carbonyl (C=O) groups excluding carboxylic acids is 1. The second-order valence-corrected chi connectivity index (χ2v) is 6.42. The molecule has 0 aromatic heterocycles. The maximum Gasteiger partial charge on any atom is 0.312 e. The number of carbonyl (C=O) groups is 1. The van der Waals surface area contributed by atoms with Gasteiger partial charge >= 0.3 is 5.97 Å². The lowest BCUT2D eigenvalue weighted by atomic mass is 9.81. The van der Waals surface area contributed by atoms with Crippen molar-refractivity contribution >= 4 is 21.9 Å². The molecular formula is C18H17BrO2. The summed E-state index contributed by atoms with van der Waals surface area (Å²) in [5.41, 5.74) is 5.78. The molecule has 0 saturated carbocycles. The number of esters is 1. The largest absolute Gasteiger partial charge is 0.426 e. The number of halogens is 1. The van der Waals surface area contributed by atoms with Crippen LogP contribution in [0.1, 0.15) is 40.2 Å². The van der Waals surface area contributed by atoms with Crippen LogP contribution in [0.4, 0.5) is 0 Å². The van der Waals surface area contributed by atoms with E-state index in [4.69, 9.17) is 4.74 Å². The maximum atomic E-state index is 12.0. The molecule has 1 atom stereocenters. The van der Waals surface area contributed by atoms with Gasteiger partial charge < -0.3 is 4.74 Å². The van der Waals surface area contributed by atoms with Crippen molar-refractivity contribution in [1.29, 1.82) is 0 Å². The average molecular weight is 345 g/mol. The quantitative estimate of drug-likeness (QED) is 0.547. The SMILES string of the molecule is Cc1ccccc1[C@@H]1CC(=O)Oc2cc(C)c(Br)c(C)c21. The Labute approximate surface area is 133 Å². The molecule has 0 saturated heterocycles. The fourth-order valence-electron chi connectivity index (χ4n) is 3.13. The minimum absolute atomic E-state index is 0.0688. The first-order valence-corrected chi connectivity index (χ1v) is 7.84. The highest BCUT2D eigenvalue weighted by atomic mass is 79.9. The van der Waals surface area contributed by atoms with E-state index < -0.39 is 0 Å². The van der Waals surface area contributed by atoms with E-state index in [1.807, 2.05) is 25.1 Å². The molecule has 0 bridgehead atoms. The van der Waals surface area contributed by atoms with Gasteiger partial charge in [-0.2, -0.15) is 0 Å². The first-order valence-electron chi connectivity index (χ1n) is 7.05. The molecule has 0 aliphatic carbocycles. The Hall–Kier alpha value is -1.61. The molecule has 0 amide bonds. The average Bonchev–Trinajstić information content (AvgIpc) is 2.44. The highest BCUT2D eigenvalue weighted by Crippen LogP contribution is 2.44. The smallest absolute Gasteiger partial charge is 0.312 e. The van der Waals surface area contributed by atoms with E-state index in [0.717, 1.165) is 21.2 Å². The highest BCUT2D eigenvalue weighted by Gasteiger charge is 2.31. The molecule has 0 radical (unpaired) electrons. The lowest BCUT2D eigenvalue weighted by Gasteiger charge is -2.28. The third kappa shape index (κ3) is 2.40.